The standard InChI is InChI=1S/C22H23Cl2FN4O3.C2HF3O2/c23-17-12-19-21(31)26-13-15(29(19)20(17)24)10-14-2-3-18(25)16(11-14)22(32)28-5-1-4-27(6-7-28)8-9-30;3-2(4,5)1(6)7/h2-3,11-13,30H,1,4-10H2,(H,26,31);(H,6,7). The summed E-state index contributed by atoms with van der Waals surface area (Å²) in [4.78, 5) is 39.5. The van der Waals surface area contributed by atoms with Crippen LogP contribution >= 0.6 is 23.2 Å². The zero-order valence-corrected chi connectivity index (χ0v) is 21.8. The minimum Gasteiger partial charge on any atom is -0.542 e. The first-order valence-corrected chi connectivity index (χ1v) is 12.5. The number of carboxylic acids is 1. The number of aliphatic carboxylic acids is 1. The summed E-state index contributed by atoms with van der Waals surface area (Å²) in [6, 6.07) is 5.94. The molecular formula is C24H24Cl2F4N4O5. The van der Waals surface area contributed by atoms with Crippen LogP contribution in [0.15, 0.2) is 35.3 Å². The summed E-state index contributed by atoms with van der Waals surface area (Å²) < 4.78 is 47.7. The van der Waals surface area contributed by atoms with Crippen LogP contribution in [0.3, 0.4) is 0 Å². The van der Waals surface area contributed by atoms with Crippen molar-refractivity contribution < 1.29 is 42.3 Å². The number of halogens is 6. The molecule has 1 unspecified atom stereocenters. The van der Waals surface area contributed by atoms with Gasteiger partial charge in [0.05, 0.1) is 36.8 Å². The van der Waals surface area contributed by atoms with Crippen molar-refractivity contribution in [3.05, 3.63) is 73.6 Å². The van der Waals surface area contributed by atoms with E-state index in [9.17, 15) is 27.2 Å². The molecule has 0 aliphatic carbocycles. The quantitative estimate of drug-likeness (QED) is 0.375. The number of aliphatic hydroxyl groups excluding tert-OH is 1. The number of rotatable bonds is 5. The number of quaternary nitrogens is 1. The molecule has 1 fully saturated rings. The number of benzene rings is 1. The Morgan fingerprint density at radius 1 is 1.15 bits per heavy atom. The molecule has 1 saturated heterocycles. The SMILES string of the molecule is O=C([O-])C(F)(F)F.O=C(c1cc(Cc2c[nH]c(=O)c3cc(Cl)c(Cl)n23)ccc1F)N1CCC[NH+](CCO)CC1. The first-order chi connectivity index (χ1) is 18.3. The van der Waals surface area contributed by atoms with Crippen LogP contribution in [0.2, 0.25) is 10.2 Å². The Hall–Kier alpha value is -3.13. The van der Waals surface area contributed by atoms with E-state index in [4.69, 9.17) is 38.2 Å². The zero-order chi connectivity index (χ0) is 28.9. The van der Waals surface area contributed by atoms with Gasteiger partial charge < -0.3 is 29.8 Å². The number of hydrogen-bond donors (Lipinski definition) is 3. The minimum absolute atomic E-state index is 0.0189. The second-order valence-corrected chi connectivity index (χ2v) is 9.52. The second-order valence-electron chi connectivity index (χ2n) is 8.76. The summed E-state index contributed by atoms with van der Waals surface area (Å²) in [6.45, 7) is 3.40. The predicted molar refractivity (Wildman–Crippen MR) is 131 cm³/mol. The molecule has 2 aromatic heterocycles. The number of carboxylic acid groups (broad SMARTS) is 1. The molecule has 3 aromatic rings. The molecule has 0 radical (unpaired) electrons. The van der Waals surface area contributed by atoms with Crippen LogP contribution in [0, 0.1) is 5.82 Å². The lowest BCUT2D eigenvalue weighted by Crippen LogP contribution is -3.12. The van der Waals surface area contributed by atoms with Gasteiger partial charge in [-0.15, -0.1) is 0 Å². The van der Waals surface area contributed by atoms with Crippen LogP contribution in [0.1, 0.15) is 28.0 Å². The molecule has 3 heterocycles. The number of aromatic amines is 1. The molecule has 1 atom stereocenters. The number of carbonyl (C=O) groups is 2. The Morgan fingerprint density at radius 2 is 1.85 bits per heavy atom. The second kappa shape index (κ2) is 12.8. The summed E-state index contributed by atoms with van der Waals surface area (Å²) in [6.07, 6.45) is -2.55. The number of carbonyl (C=O) groups excluding carboxylic acids is 2. The molecule has 3 N–H and O–H groups in total. The topological polar surface area (TPSA) is 122 Å². The Labute approximate surface area is 229 Å². The third-order valence-corrected chi connectivity index (χ3v) is 6.87. The van der Waals surface area contributed by atoms with E-state index < -0.39 is 18.0 Å². The molecule has 9 nitrogen and oxygen atoms in total. The molecule has 4 rings (SSSR count). The van der Waals surface area contributed by atoms with Gasteiger partial charge in [0.25, 0.3) is 11.5 Å². The molecule has 0 spiro atoms. The fourth-order valence-electron chi connectivity index (χ4n) is 4.21. The highest BCUT2D eigenvalue weighted by atomic mass is 35.5. The van der Waals surface area contributed by atoms with Crippen molar-refractivity contribution in [1.82, 2.24) is 14.3 Å². The van der Waals surface area contributed by atoms with Gasteiger partial charge in [-0.25, -0.2) is 4.39 Å². The van der Waals surface area contributed by atoms with Crippen LogP contribution in [0.4, 0.5) is 17.6 Å². The number of fused-ring (bicyclic) bond motifs is 1. The van der Waals surface area contributed by atoms with E-state index in [0.717, 1.165) is 19.5 Å². The largest absolute Gasteiger partial charge is 0.542 e. The van der Waals surface area contributed by atoms with E-state index in [2.05, 4.69) is 4.98 Å². The number of aromatic nitrogens is 2. The summed E-state index contributed by atoms with van der Waals surface area (Å²) >= 11 is 12.4. The lowest BCUT2D eigenvalue weighted by molar-refractivity contribution is -0.898. The van der Waals surface area contributed by atoms with Gasteiger partial charge >= 0.3 is 6.18 Å². The Balaban J connectivity index is 0.000000532. The molecular weight excluding hydrogens is 571 g/mol. The number of amides is 1. The normalized spacial score (nSPS) is 16.0. The first kappa shape index (κ1) is 30.4. The number of nitrogens with one attached hydrogen (secondary N) is 2. The van der Waals surface area contributed by atoms with Crippen LogP contribution in [-0.2, 0) is 11.2 Å². The predicted octanol–water partition coefficient (Wildman–Crippen LogP) is 0.686. The Bertz CT molecular complexity index is 1410. The van der Waals surface area contributed by atoms with Gasteiger partial charge in [0.15, 0.2) is 0 Å². The summed E-state index contributed by atoms with van der Waals surface area (Å²) in [5.41, 5.74) is 1.36. The summed E-state index contributed by atoms with van der Waals surface area (Å²) in [5.74, 6) is -3.92. The van der Waals surface area contributed by atoms with Crippen molar-refractivity contribution in [2.75, 3.05) is 39.3 Å². The molecule has 1 amide bonds. The number of aliphatic hydroxyl groups is 1. The lowest BCUT2D eigenvalue weighted by atomic mass is 10.0. The van der Waals surface area contributed by atoms with Gasteiger partial charge in [-0.2, -0.15) is 13.2 Å². The molecule has 1 aliphatic heterocycles. The fourth-order valence-corrected chi connectivity index (χ4v) is 4.65. The van der Waals surface area contributed by atoms with Gasteiger partial charge in [-0.05, 0) is 23.8 Å². The molecule has 1 aromatic carbocycles. The lowest BCUT2D eigenvalue weighted by Gasteiger charge is -2.20. The highest BCUT2D eigenvalue weighted by Crippen LogP contribution is 2.27. The molecule has 15 heteroatoms. The summed E-state index contributed by atoms with van der Waals surface area (Å²) in [7, 11) is 0. The minimum atomic E-state index is -5.19. The van der Waals surface area contributed by atoms with E-state index >= 15 is 0 Å². The van der Waals surface area contributed by atoms with Crippen LogP contribution in [0.25, 0.3) is 5.52 Å². The van der Waals surface area contributed by atoms with Gasteiger partial charge in [0.1, 0.15) is 29.0 Å². The van der Waals surface area contributed by atoms with Gasteiger partial charge in [-0.1, -0.05) is 29.3 Å². The van der Waals surface area contributed by atoms with Gasteiger partial charge in [0.2, 0.25) is 0 Å². The van der Waals surface area contributed by atoms with Crippen molar-refractivity contribution in [2.24, 2.45) is 0 Å². The molecule has 212 valence electrons. The van der Waals surface area contributed by atoms with Crippen LogP contribution in [-0.4, -0.2) is 76.8 Å². The van der Waals surface area contributed by atoms with Crippen molar-refractivity contribution in [2.45, 2.75) is 19.0 Å². The third-order valence-electron chi connectivity index (χ3n) is 6.11. The Morgan fingerprint density at radius 3 is 2.49 bits per heavy atom. The fraction of sp³-hybridized carbons (Fsp3) is 0.375. The molecule has 39 heavy (non-hydrogen) atoms. The van der Waals surface area contributed by atoms with Crippen molar-refractivity contribution in [1.29, 1.82) is 0 Å². The van der Waals surface area contributed by atoms with E-state index in [1.807, 2.05) is 0 Å². The molecule has 0 bridgehead atoms. The average molecular weight is 595 g/mol. The third kappa shape index (κ3) is 7.50. The average Bonchev–Trinajstić information content (AvgIpc) is 3.03. The van der Waals surface area contributed by atoms with Gasteiger partial charge in [0, 0.05) is 31.3 Å². The number of alkyl halides is 3. The zero-order valence-electron chi connectivity index (χ0n) is 20.3. The maximum absolute atomic E-state index is 14.6. The maximum atomic E-state index is 14.6. The van der Waals surface area contributed by atoms with Gasteiger partial charge in [-0.3, -0.25) is 14.0 Å². The van der Waals surface area contributed by atoms with Crippen molar-refractivity contribution in [3.63, 3.8) is 0 Å². The highest BCUT2D eigenvalue weighted by Gasteiger charge is 2.29. The Kier molecular flexibility index (Phi) is 9.99. The van der Waals surface area contributed by atoms with E-state index in [-0.39, 0.29) is 33.8 Å². The smallest absolute Gasteiger partial charge is 0.430 e. The maximum Gasteiger partial charge on any atom is 0.430 e. The van der Waals surface area contributed by atoms with Crippen LogP contribution < -0.4 is 15.6 Å². The monoisotopic (exact) mass is 594 g/mol. The molecule has 0 saturated carbocycles. The van der Waals surface area contributed by atoms with E-state index in [0.29, 0.717) is 42.8 Å². The van der Waals surface area contributed by atoms with E-state index in [1.165, 1.54) is 23.2 Å². The summed E-state index contributed by atoms with van der Waals surface area (Å²) in [5, 5.41) is 18.4. The number of nitrogens with zero attached hydrogens (tertiary/aromatic N) is 2. The highest BCUT2D eigenvalue weighted by molar-refractivity contribution is 6.42. The number of H-pyrrole nitrogens is 1. The van der Waals surface area contributed by atoms with Crippen molar-refractivity contribution in [3.8, 4) is 0 Å². The molecule has 1 aliphatic rings. The first-order valence-electron chi connectivity index (χ1n) is 11.7. The van der Waals surface area contributed by atoms with Crippen molar-refractivity contribution >= 4 is 40.6 Å². The van der Waals surface area contributed by atoms with Crippen LogP contribution in [0.5, 0.6) is 0 Å². The van der Waals surface area contributed by atoms with E-state index in [1.54, 1.807) is 21.4 Å². The number of hydrogen-bond acceptors (Lipinski definition) is 5.